The molecule has 12 heavy (non-hydrogen) atoms. The summed E-state index contributed by atoms with van der Waals surface area (Å²) in [6.07, 6.45) is 0. The van der Waals surface area contributed by atoms with Gasteiger partial charge in [0.1, 0.15) is 0 Å². The van der Waals surface area contributed by atoms with Crippen molar-refractivity contribution in [2.45, 2.75) is 12.2 Å². The molecule has 0 amide bonds. The summed E-state index contributed by atoms with van der Waals surface area (Å²) in [5.41, 5.74) is 0. The Morgan fingerprint density at radius 3 is 2.67 bits per heavy atom. The van der Waals surface area contributed by atoms with Gasteiger partial charge < -0.3 is 0 Å². The van der Waals surface area contributed by atoms with E-state index in [2.05, 4.69) is 0 Å². The number of benzene rings is 1. The van der Waals surface area contributed by atoms with Crippen molar-refractivity contribution in [3.8, 4) is 5.75 Å². The molecular formula is C9H12O2Se. The van der Waals surface area contributed by atoms with Gasteiger partial charge in [-0.2, -0.15) is 0 Å². The summed E-state index contributed by atoms with van der Waals surface area (Å²) in [6.45, 7) is 1.34. The summed E-state index contributed by atoms with van der Waals surface area (Å²) < 4.78 is 31.9. The van der Waals surface area contributed by atoms with Crippen molar-refractivity contribution in [3.05, 3.63) is 24.3 Å². The first-order valence-corrected chi connectivity index (χ1v) is 5.92. The van der Waals surface area contributed by atoms with Crippen LogP contribution in [0.25, 0.3) is 0 Å². The Balaban J connectivity index is 2.93. The zero-order chi connectivity index (χ0) is 10.8. The SMILES string of the molecule is [1H][13C]([2H])(C)[Se](=O)c1ccc(OC)cc1. The van der Waals surface area contributed by atoms with Crippen LogP contribution in [0.2, 0.25) is 5.27 Å². The second kappa shape index (κ2) is 4.39. The van der Waals surface area contributed by atoms with Gasteiger partial charge in [0.2, 0.25) is 0 Å². The van der Waals surface area contributed by atoms with Gasteiger partial charge in [0.15, 0.2) is 0 Å². The van der Waals surface area contributed by atoms with Gasteiger partial charge in [0.05, 0.1) is 0 Å². The van der Waals surface area contributed by atoms with Crippen LogP contribution in [0.4, 0.5) is 0 Å². The molecule has 0 heterocycles. The summed E-state index contributed by atoms with van der Waals surface area (Å²) >= 11 is -2.61. The van der Waals surface area contributed by atoms with E-state index in [4.69, 9.17) is 7.48 Å². The molecule has 2 nitrogen and oxygen atoms in total. The minimum absolute atomic E-state index is 0.568. The summed E-state index contributed by atoms with van der Waals surface area (Å²) in [6, 6.07) is 6.68. The van der Waals surface area contributed by atoms with E-state index in [1.165, 1.54) is 6.92 Å². The predicted molar refractivity (Wildman–Crippen MR) is 49.5 cm³/mol. The fourth-order valence-corrected chi connectivity index (χ4v) is 2.12. The average molecular weight is 233 g/mol. The van der Waals surface area contributed by atoms with Gasteiger partial charge in [-0.3, -0.25) is 0 Å². The number of hydrogen-bond donors (Lipinski definition) is 0. The molecule has 66 valence electrons. The fourth-order valence-electron chi connectivity index (χ4n) is 0.817. The van der Waals surface area contributed by atoms with Crippen LogP contribution in [-0.4, -0.2) is 20.9 Å². The zero-order valence-corrected chi connectivity index (χ0v) is 8.75. The van der Waals surface area contributed by atoms with Crippen LogP contribution < -0.4 is 9.20 Å². The van der Waals surface area contributed by atoms with Crippen LogP contribution in [-0.2, 0) is 3.83 Å². The van der Waals surface area contributed by atoms with Crippen molar-refractivity contribution in [1.82, 2.24) is 0 Å². The Bertz CT molecular complexity index is 330. The van der Waals surface area contributed by atoms with E-state index >= 15 is 0 Å². The molecule has 1 rings (SSSR count). The standard InChI is InChI=1S/C9H12O2Se/c1-3-12(10)9-6-4-8(11-2)5-7-9/h4-7H,3H2,1-2H3/i3+1DH. The summed E-state index contributed by atoms with van der Waals surface area (Å²) in [5, 5.41) is -1.62. The molecule has 0 bridgehead atoms. The maximum absolute atomic E-state index is 11.7. The zero-order valence-electron chi connectivity index (χ0n) is 9.03. The van der Waals surface area contributed by atoms with Gasteiger partial charge in [-0.25, -0.2) is 0 Å². The molecule has 0 aliphatic heterocycles. The molecule has 0 aliphatic carbocycles. The third-order valence-electron chi connectivity index (χ3n) is 1.46. The predicted octanol–water partition coefficient (Wildman–Crippen LogP) is 1.34. The van der Waals surface area contributed by atoms with E-state index in [0.717, 1.165) is 0 Å². The van der Waals surface area contributed by atoms with Crippen molar-refractivity contribution < 1.29 is 11.3 Å². The first kappa shape index (κ1) is 6.81. The number of methoxy groups -OCH3 is 1. The van der Waals surface area contributed by atoms with Crippen LogP contribution in [0, 0.1) is 0 Å². The molecule has 3 heteroatoms. The summed E-state index contributed by atoms with van der Waals surface area (Å²) in [7, 11) is 1.55. The van der Waals surface area contributed by atoms with Gasteiger partial charge in [-0.1, -0.05) is 0 Å². The van der Waals surface area contributed by atoms with Gasteiger partial charge in [-0.15, -0.1) is 0 Å². The molecule has 0 spiro atoms. The fraction of sp³-hybridized carbons (Fsp3) is 0.333. The molecule has 0 saturated heterocycles. The third kappa shape index (κ3) is 2.16. The van der Waals surface area contributed by atoms with Crippen molar-refractivity contribution >= 4 is 18.3 Å². The first-order chi connectivity index (χ1) is 6.45. The number of hydrogen-bond acceptors (Lipinski definition) is 2. The molecule has 0 aliphatic rings. The second-order valence-corrected chi connectivity index (χ2v) is 5.12. The van der Waals surface area contributed by atoms with E-state index in [0.29, 0.717) is 10.2 Å². The van der Waals surface area contributed by atoms with Crippen molar-refractivity contribution in [1.29, 1.82) is 0 Å². The average Bonchev–Trinajstić information content (AvgIpc) is 2.15. The summed E-state index contributed by atoms with van der Waals surface area (Å²) in [5.74, 6) is 0.684. The monoisotopic (exact) mass is 234 g/mol. The Morgan fingerprint density at radius 2 is 2.25 bits per heavy atom. The quantitative estimate of drug-likeness (QED) is 0.581. The molecule has 1 aromatic rings. The van der Waals surface area contributed by atoms with Crippen LogP contribution in [0.5, 0.6) is 5.75 Å². The van der Waals surface area contributed by atoms with E-state index in [1.54, 1.807) is 31.4 Å². The molecular weight excluding hydrogens is 220 g/mol. The van der Waals surface area contributed by atoms with Gasteiger partial charge >= 0.3 is 78.9 Å². The van der Waals surface area contributed by atoms with E-state index in [9.17, 15) is 3.83 Å². The molecule has 1 aromatic carbocycles. The van der Waals surface area contributed by atoms with Gasteiger partial charge in [0, 0.05) is 0 Å². The molecule has 2 unspecified atom stereocenters. The Labute approximate surface area is 79.4 Å². The normalized spacial score (nSPS) is 20.2. The van der Waals surface area contributed by atoms with Crippen LogP contribution >= 0.6 is 0 Å². The Morgan fingerprint density at radius 1 is 1.67 bits per heavy atom. The van der Waals surface area contributed by atoms with Gasteiger partial charge in [-0.05, 0) is 0 Å². The Kier molecular flexibility index (Phi) is 2.49. The molecule has 2 atom stereocenters. The Hall–Kier alpha value is -0.661. The molecule has 0 fully saturated rings. The van der Waals surface area contributed by atoms with Gasteiger partial charge in [0.25, 0.3) is 0 Å². The van der Waals surface area contributed by atoms with Crippen LogP contribution in [0.3, 0.4) is 0 Å². The first-order valence-electron chi connectivity index (χ1n) is 4.51. The maximum atomic E-state index is 11.7. The van der Waals surface area contributed by atoms with Crippen molar-refractivity contribution in [2.75, 3.05) is 7.11 Å². The van der Waals surface area contributed by atoms with Crippen molar-refractivity contribution in [3.63, 3.8) is 0 Å². The van der Waals surface area contributed by atoms with E-state index in [1.807, 2.05) is 0 Å². The molecule has 0 aromatic heterocycles. The third-order valence-corrected chi connectivity index (χ3v) is 3.71. The molecule has 0 saturated carbocycles. The number of rotatable bonds is 3. The van der Waals surface area contributed by atoms with Crippen molar-refractivity contribution in [2.24, 2.45) is 0 Å². The molecule has 0 N–H and O–H groups in total. The van der Waals surface area contributed by atoms with E-state index < -0.39 is 19.1 Å². The number of ether oxygens (including phenoxy) is 1. The minimum atomic E-state index is -2.61. The molecule has 0 radical (unpaired) electrons. The van der Waals surface area contributed by atoms with Crippen LogP contribution in [0.1, 0.15) is 9.67 Å². The van der Waals surface area contributed by atoms with E-state index in [-0.39, 0.29) is 0 Å². The van der Waals surface area contributed by atoms with Crippen LogP contribution in [0.15, 0.2) is 24.3 Å². The second-order valence-electron chi connectivity index (χ2n) is 2.15. The summed E-state index contributed by atoms with van der Waals surface area (Å²) in [4.78, 5) is 0. The topological polar surface area (TPSA) is 26.3 Å².